The molecular formula is C21H24Cl2N6O3. The summed E-state index contributed by atoms with van der Waals surface area (Å²) in [6, 6.07) is 1.28. The molecular weight excluding hydrogens is 455 g/mol. The second-order valence-electron chi connectivity index (χ2n) is 9.14. The van der Waals surface area contributed by atoms with Crippen LogP contribution in [-0.2, 0) is 16.1 Å². The zero-order valence-electron chi connectivity index (χ0n) is 17.8. The summed E-state index contributed by atoms with van der Waals surface area (Å²) in [4.78, 5) is 44.2. The molecule has 2 aromatic heterocycles. The molecule has 170 valence electrons. The number of likely N-dealkylation sites (tertiary alicyclic amines) is 1. The van der Waals surface area contributed by atoms with E-state index in [1.807, 2.05) is 6.92 Å². The highest BCUT2D eigenvalue weighted by Gasteiger charge is 2.56. The van der Waals surface area contributed by atoms with Crippen LogP contribution in [0.4, 0.5) is 0 Å². The Morgan fingerprint density at radius 1 is 1.28 bits per heavy atom. The summed E-state index contributed by atoms with van der Waals surface area (Å²) in [5, 5.41) is 7.79. The molecule has 5 rings (SSSR count). The number of carbonyl (C=O) groups excluding carboxylic acids is 3. The Bertz CT molecular complexity index is 1160. The number of piperidine rings is 1. The molecule has 0 aromatic carbocycles. The maximum absolute atomic E-state index is 13.3. The van der Waals surface area contributed by atoms with Crippen LogP contribution < -0.4 is 11.1 Å². The van der Waals surface area contributed by atoms with E-state index in [1.165, 1.54) is 4.68 Å². The van der Waals surface area contributed by atoms with Gasteiger partial charge in [0.1, 0.15) is 16.9 Å². The minimum Gasteiger partial charge on any atom is -0.364 e. The topological polar surface area (TPSA) is 123 Å². The van der Waals surface area contributed by atoms with E-state index in [4.69, 9.17) is 28.9 Å². The highest BCUT2D eigenvalue weighted by molar-refractivity contribution is 6.50. The van der Waals surface area contributed by atoms with Gasteiger partial charge in [-0.15, -0.1) is 23.2 Å². The number of halogens is 2. The van der Waals surface area contributed by atoms with Gasteiger partial charge in [-0.05, 0) is 45.1 Å². The number of fused-ring (bicyclic) bond motifs is 2. The van der Waals surface area contributed by atoms with Crippen LogP contribution >= 0.6 is 23.2 Å². The van der Waals surface area contributed by atoms with Crippen LogP contribution in [0.1, 0.15) is 41.1 Å². The van der Waals surface area contributed by atoms with Crippen LogP contribution in [0.5, 0.6) is 0 Å². The van der Waals surface area contributed by atoms with E-state index in [0.717, 1.165) is 12.1 Å². The second-order valence-corrected chi connectivity index (χ2v) is 10.7. The maximum Gasteiger partial charge on any atom is 0.269 e. The summed E-state index contributed by atoms with van der Waals surface area (Å²) in [6.45, 7) is 3.92. The molecule has 3 fully saturated rings. The first-order valence-corrected chi connectivity index (χ1v) is 11.4. The minimum atomic E-state index is -0.760. The van der Waals surface area contributed by atoms with Gasteiger partial charge in [0.05, 0.1) is 11.2 Å². The molecule has 3 heterocycles. The molecule has 3 N–H and O–H groups in total. The van der Waals surface area contributed by atoms with Crippen molar-refractivity contribution in [3.63, 3.8) is 0 Å². The lowest BCUT2D eigenvalue weighted by Gasteiger charge is -2.27. The number of rotatable bonds is 6. The summed E-state index contributed by atoms with van der Waals surface area (Å²) in [5.41, 5.74) is 7.61. The number of hydrogen-bond acceptors (Lipinski definition) is 5. The average molecular weight is 479 g/mol. The molecule has 9 nitrogen and oxygen atoms in total. The molecule has 32 heavy (non-hydrogen) atoms. The van der Waals surface area contributed by atoms with Gasteiger partial charge >= 0.3 is 0 Å². The first-order valence-electron chi connectivity index (χ1n) is 10.7. The first kappa shape index (κ1) is 21.5. The zero-order chi connectivity index (χ0) is 22.9. The van der Waals surface area contributed by atoms with Crippen LogP contribution in [0.25, 0.3) is 10.9 Å². The number of pyridine rings is 1. The predicted molar refractivity (Wildman–Crippen MR) is 118 cm³/mol. The zero-order valence-corrected chi connectivity index (χ0v) is 19.3. The standard InChI is InChI=1S/C21H24Cl2N6O3/c1-9-3-13-17(19(24)31)27-28(18(13)10(2)26-9)8-16(30)29-14-4-11(14)5-15(29)20(32)25-7-12-6-21(12,22)23/h3,11-12,14-15H,4-8H2,1-2H3,(H2,24,31)(H,25,32)/t11-,12-,14-,15+/m1/s1. The third kappa shape index (κ3) is 3.61. The van der Waals surface area contributed by atoms with Gasteiger partial charge in [-0.2, -0.15) is 5.10 Å². The van der Waals surface area contributed by atoms with E-state index in [9.17, 15) is 14.4 Å². The molecule has 3 aliphatic rings. The van der Waals surface area contributed by atoms with Crippen molar-refractivity contribution >= 4 is 51.8 Å². The normalized spacial score (nSPS) is 27.3. The SMILES string of the molecule is Cc1cc2c(C(N)=O)nn(CC(=O)N3[C@@H]4C[C@@H]4C[C@H]3C(=O)NC[C@H]3CC3(Cl)Cl)c2c(C)n1. The second kappa shape index (κ2) is 7.31. The van der Waals surface area contributed by atoms with Crippen molar-refractivity contribution in [3.05, 3.63) is 23.1 Å². The fourth-order valence-electron chi connectivity index (χ4n) is 4.94. The molecule has 0 unspecified atom stereocenters. The van der Waals surface area contributed by atoms with Gasteiger partial charge in [0.25, 0.3) is 5.91 Å². The Hall–Kier alpha value is -2.39. The van der Waals surface area contributed by atoms with Gasteiger partial charge < -0.3 is 16.0 Å². The average Bonchev–Trinajstić information content (AvgIpc) is 3.48. The van der Waals surface area contributed by atoms with E-state index >= 15 is 0 Å². The molecule has 3 amide bonds. The lowest BCUT2D eigenvalue weighted by Crippen LogP contribution is -2.49. The number of alkyl halides is 2. The van der Waals surface area contributed by atoms with Crippen LogP contribution in [0.2, 0.25) is 0 Å². The van der Waals surface area contributed by atoms with Crippen molar-refractivity contribution in [2.45, 2.75) is 56.1 Å². The molecule has 1 saturated heterocycles. The number of hydrogen-bond donors (Lipinski definition) is 2. The Balaban J connectivity index is 1.36. The van der Waals surface area contributed by atoms with Gasteiger partial charge in [0.2, 0.25) is 11.8 Å². The number of amides is 3. The van der Waals surface area contributed by atoms with Crippen molar-refractivity contribution in [1.29, 1.82) is 0 Å². The van der Waals surface area contributed by atoms with Gasteiger partial charge in [-0.25, -0.2) is 0 Å². The van der Waals surface area contributed by atoms with E-state index < -0.39 is 16.3 Å². The molecule has 11 heteroatoms. The number of nitrogens with two attached hydrogens (primary N) is 1. The third-order valence-corrected chi connectivity index (χ3v) is 7.65. The van der Waals surface area contributed by atoms with Gasteiger partial charge in [-0.3, -0.25) is 24.0 Å². The largest absolute Gasteiger partial charge is 0.364 e. The Kier molecular flexibility index (Phi) is 4.90. The third-order valence-electron chi connectivity index (χ3n) is 6.72. The fourth-order valence-corrected chi connectivity index (χ4v) is 5.47. The quantitative estimate of drug-likeness (QED) is 0.608. The van der Waals surface area contributed by atoms with Crippen LogP contribution in [0.3, 0.4) is 0 Å². The molecule has 2 saturated carbocycles. The Labute approximate surface area is 194 Å². The number of aryl methyl sites for hydroxylation is 2. The molecule has 0 radical (unpaired) electrons. The molecule has 1 aliphatic heterocycles. The van der Waals surface area contributed by atoms with Gasteiger partial charge in [0.15, 0.2) is 5.69 Å². The van der Waals surface area contributed by atoms with Gasteiger partial charge in [0, 0.05) is 29.6 Å². The molecule has 4 atom stereocenters. The van der Waals surface area contributed by atoms with Crippen molar-refractivity contribution < 1.29 is 14.4 Å². The number of carbonyl (C=O) groups is 3. The Morgan fingerprint density at radius 2 is 2.00 bits per heavy atom. The summed E-state index contributed by atoms with van der Waals surface area (Å²) < 4.78 is 0.716. The number of aromatic nitrogens is 3. The smallest absolute Gasteiger partial charge is 0.269 e. The highest BCUT2D eigenvalue weighted by Crippen LogP contribution is 2.53. The van der Waals surface area contributed by atoms with Crippen molar-refractivity contribution in [2.75, 3.05) is 6.54 Å². The molecule has 0 bridgehead atoms. The predicted octanol–water partition coefficient (Wildman–Crippen LogP) is 1.45. The minimum absolute atomic E-state index is 0.0384. The first-order chi connectivity index (χ1) is 15.1. The number of primary amides is 1. The fraction of sp³-hybridized carbons (Fsp3) is 0.571. The monoisotopic (exact) mass is 478 g/mol. The van der Waals surface area contributed by atoms with Crippen LogP contribution in [-0.4, -0.2) is 60.3 Å². The highest BCUT2D eigenvalue weighted by atomic mass is 35.5. The summed E-state index contributed by atoms with van der Waals surface area (Å²) in [5.74, 6) is -0.681. The van der Waals surface area contributed by atoms with E-state index in [-0.39, 0.29) is 36.0 Å². The maximum atomic E-state index is 13.3. The lowest BCUT2D eigenvalue weighted by atomic mass is 10.1. The van der Waals surface area contributed by atoms with Gasteiger partial charge in [-0.1, -0.05) is 0 Å². The lowest BCUT2D eigenvalue weighted by molar-refractivity contribution is -0.140. The van der Waals surface area contributed by atoms with Crippen molar-refractivity contribution in [3.8, 4) is 0 Å². The summed E-state index contributed by atoms with van der Waals surface area (Å²) >= 11 is 12.1. The molecule has 2 aromatic rings. The Morgan fingerprint density at radius 3 is 2.66 bits per heavy atom. The van der Waals surface area contributed by atoms with E-state index in [0.29, 0.717) is 41.9 Å². The molecule has 0 spiro atoms. The number of nitrogens with one attached hydrogen (secondary N) is 1. The van der Waals surface area contributed by atoms with Crippen molar-refractivity contribution in [2.24, 2.45) is 17.6 Å². The molecule has 2 aliphatic carbocycles. The summed E-state index contributed by atoms with van der Waals surface area (Å²) in [6.07, 6.45) is 2.19. The van der Waals surface area contributed by atoms with E-state index in [2.05, 4.69) is 15.4 Å². The van der Waals surface area contributed by atoms with Crippen molar-refractivity contribution in [1.82, 2.24) is 25.0 Å². The van der Waals surface area contributed by atoms with Crippen LogP contribution in [0.15, 0.2) is 6.07 Å². The number of nitrogens with zero attached hydrogens (tertiary/aromatic N) is 4. The van der Waals surface area contributed by atoms with E-state index in [1.54, 1.807) is 17.9 Å². The van der Waals surface area contributed by atoms with Crippen LogP contribution in [0, 0.1) is 25.7 Å². The summed E-state index contributed by atoms with van der Waals surface area (Å²) in [7, 11) is 0.